The summed E-state index contributed by atoms with van der Waals surface area (Å²) in [6.45, 7) is 1.86. The second-order valence-electron chi connectivity index (χ2n) is 5.12. The highest BCUT2D eigenvalue weighted by Gasteiger charge is 2.45. The van der Waals surface area contributed by atoms with E-state index in [9.17, 15) is 22.8 Å². The Hall–Kier alpha value is -1.99. The molecule has 0 aromatic carbocycles. The standard InChI is InChI=1S/C14H17F3N2O3/c1-3-9-4-5-11(18(9)2)10(14(15,16)17)8-12(20)19-6-7-22-13(19)21/h4-5,10H,3,6-8H2,1-2H3. The van der Waals surface area contributed by atoms with Gasteiger partial charge in [0, 0.05) is 24.9 Å². The van der Waals surface area contributed by atoms with Gasteiger partial charge in [-0.05, 0) is 18.6 Å². The fourth-order valence-electron chi connectivity index (χ4n) is 2.57. The van der Waals surface area contributed by atoms with E-state index >= 15 is 0 Å². The molecule has 22 heavy (non-hydrogen) atoms. The third kappa shape index (κ3) is 3.10. The molecule has 1 saturated heterocycles. The SMILES string of the molecule is CCc1ccc(C(CC(=O)N2CCOC2=O)C(F)(F)F)n1C. The first-order valence-electron chi connectivity index (χ1n) is 6.94. The van der Waals surface area contributed by atoms with Crippen molar-refractivity contribution in [2.75, 3.05) is 13.2 Å². The maximum absolute atomic E-state index is 13.3. The maximum atomic E-state index is 13.3. The number of imide groups is 1. The molecule has 0 bridgehead atoms. The number of hydrogen-bond donors (Lipinski definition) is 0. The number of aryl methyl sites for hydroxylation is 1. The van der Waals surface area contributed by atoms with Gasteiger partial charge in [-0.1, -0.05) is 6.92 Å². The predicted molar refractivity (Wildman–Crippen MR) is 71.3 cm³/mol. The van der Waals surface area contributed by atoms with Crippen LogP contribution >= 0.6 is 0 Å². The minimum absolute atomic E-state index is 0.00437. The van der Waals surface area contributed by atoms with Crippen molar-refractivity contribution < 1.29 is 27.5 Å². The Bertz CT molecular complexity index is 580. The third-order valence-corrected chi connectivity index (χ3v) is 3.82. The van der Waals surface area contributed by atoms with Crippen LogP contribution in [-0.2, 0) is 23.0 Å². The number of hydrogen-bond acceptors (Lipinski definition) is 3. The van der Waals surface area contributed by atoms with Crippen molar-refractivity contribution >= 4 is 12.0 Å². The summed E-state index contributed by atoms with van der Waals surface area (Å²) < 4.78 is 46.1. The van der Waals surface area contributed by atoms with Crippen molar-refractivity contribution in [3.63, 3.8) is 0 Å². The molecule has 0 aliphatic carbocycles. The molecule has 1 aliphatic heterocycles. The Morgan fingerprint density at radius 3 is 2.55 bits per heavy atom. The van der Waals surface area contributed by atoms with Gasteiger partial charge in [0.05, 0.1) is 6.54 Å². The summed E-state index contributed by atoms with van der Waals surface area (Å²) >= 11 is 0. The maximum Gasteiger partial charge on any atom is 0.416 e. The van der Waals surface area contributed by atoms with Crippen LogP contribution in [0.3, 0.4) is 0 Å². The first-order chi connectivity index (χ1) is 10.3. The van der Waals surface area contributed by atoms with Crippen molar-refractivity contribution in [2.45, 2.75) is 31.9 Å². The molecule has 122 valence electrons. The van der Waals surface area contributed by atoms with E-state index in [1.807, 2.05) is 6.92 Å². The molecule has 1 unspecified atom stereocenters. The van der Waals surface area contributed by atoms with E-state index in [0.29, 0.717) is 6.42 Å². The predicted octanol–water partition coefficient (Wildman–Crippen LogP) is 2.60. The van der Waals surface area contributed by atoms with E-state index in [1.54, 1.807) is 13.1 Å². The summed E-state index contributed by atoms with van der Waals surface area (Å²) in [7, 11) is 1.54. The Kier molecular flexibility index (Phi) is 4.48. The topological polar surface area (TPSA) is 51.5 Å². The first kappa shape index (κ1) is 16.4. The minimum Gasteiger partial charge on any atom is -0.447 e. The molecular formula is C14H17F3N2O3. The van der Waals surface area contributed by atoms with Crippen LogP contribution in [0.25, 0.3) is 0 Å². The number of amides is 2. The molecule has 2 heterocycles. The highest BCUT2D eigenvalue weighted by molar-refractivity contribution is 5.93. The van der Waals surface area contributed by atoms with E-state index in [4.69, 9.17) is 0 Å². The third-order valence-electron chi connectivity index (χ3n) is 3.82. The lowest BCUT2D eigenvalue weighted by molar-refractivity contribution is -0.160. The van der Waals surface area contributed by atoms with Crippen LogP contribution in [0.5, 0.6) is 0 Å². The number of cyclic esters (lactones) is 1. The largest absolute Gasteiger partial charge is 0.447 e. The average Bonchev–Trinajstić information content (AvgIpc) is 3.00. The molecule has 0 spiro atoms. The van der Waals surface area contributed by atoms with Crippen LogP contribution in [0.4, 0.5) is 18.0 Å². The lowest BCUT2D eigenvalue weighted by atomic mass is 10.00. The van der Waals surface area contributed by atoms with Gasteiger partial charge < -0.3 is 9.30 Å². The molecule has 0 radical (unpaired) electrons. The summed E-state index contributed by atoms with van der Waals surface area (Å²) in [6.07, 6.45) is -5.67. The highest BCUT2D eigenvalue weighted by Crippen LogP contribution is 2.38. The Balaban J connectivity index is 2.25. The number of rotatable bonds is 4. The van der Waals surface area contributed by atoms with E-state index in [2.05, 4.69) is 4.74 Å². The fraction of sp³-hybridized carbons (Fsp3) is 0.571. The number of ether oxygens (including phenoxy) is 1. The van der Waals surface area contributed by atoms with Gasteiger partial charge in [0.2, 0.25) is 5.91 Å². The van der Waals surface area contributed by atoms with Crippen LogP contribution < -0.4 is 0 Å². The number of aromatic nitrogens is 1. The van der Waals surface area contributed by atoms with Gasteiger partial charge in [-0.15, -0.1) is 0 Å². The van der Waals surface area contributed by atoms with E-state index < -0.39 is 30.5 Å². The molecule has 8 heteroatoms. The van der Waals surface area contributed by atoms with Crippen molar-refractivity contribution in [2.24, 2.45) is 7.05 Å². The molecule has 0 N–H and O–H groups in total. The van der Waals surface area contributed by atoms with Crippen molar-refractivity contribution in [3.8, 4) is 0 Å². The summed E-state index contributed by atoms with van der Waals surface area (Å²) in [5.41, 5.74) is 0.766. The molecule has 2 rings (SSSR count). The number of carbonyl (C=O) groups excluding carboxylic acids is 2. The summed E-state index contributed by atoms with van der Waals surface area (Å²) in [5.74, 6) is -2.82. The van der Waals surface area contributed by atoms with E-state index in [0.717, 1.165) is 10.6 Å². The number of nitrogens with zero attached hydrogens (tertiary/aromatic N) is 2. The molecule has 1 aromatic heterocycles. The molecular weight excluding hydrogens is 301 g/mol. The first-order valence-corrected chi connectivity index (χ1v) is 6.94. The molecule has 1 atom stereocenters. The monoisotopic (exact) mass is 318 g/mol. The zero-order chi connectivity index (χ0) is 16.5. The lowest BCUT2D eigenvalue weighted by Crippen LogP contribution is -2.35. The van der Waals surface area contributed by atoms with Crippen molar-refractivity contribution in [3.05, 3.63) is 23.5 Å². The van der Waals surface area contributed by atoms with Crippen molar-refractivity contribution in [1.29, 1.82) is 0 Å². The van der Waals surface area contributed by atoms with Gasteiger partial charge in [0.1, 0.15) is 12.5 Å². The van der Waals surface area contributed by atoms with Crippen LogP contribution in [0, 0.1) is 0 Å². The normalized spacial score (nSPS) is 16.8. The number of carbonyl (C=O) groups is 2. The van der Waals surface area contributed by atoms with Gasteiger partial charge in [0.15, 0.2) is 0 Å². The molecule has 2 amide bonds. The average molecular weight is 318 g/mol. The van der Waals surface area contributed by atoms with Gasteiger partial charge in [0.25, 0.3) is 0 Å². The second kappa shape index (κ2) is 6.02. The van der Waals surface area contributed by atoms with E-state index in [1.165, 1.54) is 10.6 Å². The zero-order valence-corrected chi connectivity index (χ0v) is 12.3. The molecule has 1 aliphatic rings. The van der Waals surface area contributed by atoms with Gasteiger partial charge >= 0.3 is 12.3 Å². The number of alkyl halides is 3. The van der Waals surface area contributed by atoms with Crippen LogP contribution in [0.15, 0.2) is 12.1 Å². The Morgan fingerprint density at radius 2 is 2.09 bits per heavy atom. The van der Waals surface area contributed by atoms with Crippen LogP contribution in [0.1, 0.15) is 30.7 Å². The number of halogens is 3. The van der Waals surface area contributed by atoms with Crippen LogP contribution in [-0.4, -0.2) is 40.8 Å². The van der Waals surface area contributed by atoms with Crippen molar-refractivity contribution in [1.82, 2.24) is 9.47 Å². The van der Waals surface area contributed by atoms with E-state index in [-0.39, 0.29) is 18.8 Å². The fourth-order valence-corrected chi connectivity index (χ4v) is 2.57. The second-order valence-corrected chi connectivity index (χ2v) is 5.12. The minimum atomic E-state index is -4.57. The Morgan fingerprint density at radius 1 is 1.41 bits per heavy atom. The summed E-state index contributed by atoms with van der Waals surface area (Å²) in [6, 6.07) is 3.00. The zero-order valence-electron chi connectivity index (χ0n) is 12.3. The van der Waals surface area contributed by atoms with Gasteiger partial charge in [-0.2, -0.15) is 13.2 Å². The van der Waals surface area contributed by atoms with Gasteiger partial charge in [-0.3, -0.25) is 4.79 Å². The van der Waals surface area contributed by atoms with Crippen LogP contribution in [0.2, 0.25) is 0 Å². The molecule has 1 fully saturated rings. The van der Waals surface area contributed by atoms with Gasteiger partial charge in [-0.25, -0.2) is 9.69 Å². The highest BCUT2D eigenvalue weighted by atomic mass is 19.4. The molecule has 0 saturated carbocycles. The Labute approximate surface area is 125 Å². The lowest BCUT2D eigenvalue weighted by Gasteiger charge is -2.22. The summed E-state index contributed by atoms with van der Waals surface area (Å²) in [5, 5.41) is 0. The smallest absolute Gasteiger partial charge is 0.416 e. The molecule has 5 nitrogen and oxygen atoms in total. The molecule has 1 aromatic rings. The quantitative estimate of drug-likeness (QED) is 0.857. The summed E-state index contributed by atoms with van der Waals surface area (Å²) in [4.78, 5) is 24.0.